The molecule has 2 aromatic rings. The van der Waals surface area contributed by atoms with Crippen molar-refractivity contribution in [2.45, 2.75) is 25.4 Å². The van der Waals surface area contributed by atoms with Gasteiger partial charge in [-0.25, -0.2) is 0 Å². The number of hydrogen-bond donors (Lipinski definition) is 1. The average Bonchev–Trinajstić information content (AvgIpc) is 3.38. The van der Waals surface area contributed by atoms with Crippen molar-refractivity contribution in [1.82, 2.24) is 5.01 Å². The minimum Gasteiger partial charge on any atom is -0.381 e. The number of hydrogen-bond acceptors (Lipinski definition) is 5. The lowest BCUT2D eigenvalue weighted by Gasteiger charge is -2.12. The number of nitro groups is 1. The van der Waals surface area contributed by atoms with Crippen molar-refractivity contribution in [1.29, 1.82) is 0 Å². The maximum absolute atomic E-state index is 11.0. The Labute approximate surface area is 140 Å². The van der Waals surface area contributed by atoms with Gasteiger partial charge in [0, 0.05) is 25.2 Å². The molecule has 7 heteroatoms. The molecule has 3 rings (SSSR count). The molecule has 1 aliphatic carbocycles. The smallest absolute Gasteiger partial charge is 0.271 e. The summed E-state index contributed by atoms with van der Waals surface area (Å²) in [6.07, 6.45) is 2.23. The Morgan fingerprint density at radius 3 is 2.67 bits per heavy atom. The third-order valence-electron chi connectivity index (χ3n) is 3.69. The van der Waals surface area contributed by atoms with Gasteiger partial charge in [0.05, 0.1) is 17.2 Å². The van der Waals surface area contributed by atoms with E-state index < -0.39 is 4.92 Å². The van der Waals surface area contributed by atoms with E-state index in [2.05, 4.69) is 15.7 Å². The fourth-order valence-electron chi connectivity index (χ4n) is 2.29. The lowest BCUT2D eigenvalue weighted by Crippen LogP contribution is -2.09. The van der Waals surface area contributed by atoms with Crippen molar-refractivity contribution < 1.29 is 4.92 Å². The summed E-state index contributed by atoms with van der Waals surface area (Å²) in [5.74, 6) is 0. The third-order valence-corrected chi connectivity index (χ3v) is 3.69. The first kappa shape index (κ1) is 15.9. The molecule has 7 nitrogen and oxygen atoms in total. The summed E-state index contributed by atoms with van der Waals surface area (Å²) in [6.45, 7) is 0.616. The normalized spacial score (nSPS) is 13.9. The van der Waals surface area contributed by atoms with Crippen molar-refractivity contribution >= 4 is 17.1 Å². The number of non-ortho nitro benzene ring substituents is 1. The summed E-state index contributed by atoms with van der Waals surface area (Å²) in [5.41, 5.74) is 2.39. The van der Waals surface area contributed by atoms with Crippen LogP contribution in [-0.2, 0) is 6.54 Å². The summed E-state index contributed by atoms with van der Waals surface area (Å²) >= 11 is 0. The van der Waals surface area contributed by atoms with Gasteiger partial charge in [-0.05, 0) is 24.5 Å². The number of anilines is 1. The van der Waals surface area contributed by atoms with Crippen LogP contribution in [0.25, 0.3) is 0 Å². The lowest BCUT2D eigenvalue weighted by molar-refractivity contribution is -0.384. The van der Waals surface area contributed by atoms with E-state index in [0.29, 0.717) is 18.3 Å². The second-order valence-corrected chi connectivity index (χ2v) is 5.87. The molecule has 0 saturated heterocycles. The summed E-state index contributed by atoms with van der Waals surface area (Å²) in [4.78, 5) is 10.6. The van der Waals surface area contributed by atoms with Crippen molar-refractivity contribution in [3.05, 3.63) is 64.2 Å². The van der Waals surface area contributed by atoms with Crippen LogP contribution in [0.5, 0.6) is 0 Å². The second kappa shape index (κ2) is 7.08. The van der Waals surface area contributed by atoms with Crippen molar-refractivity contribution in [2.24, 2.45) is 10.3 Å². The second-order valence-electron chi connectivity index (χ2n) is 5.87. The van der Waals surface area contributed by atoms with Crippen molar-refractivity contribution in [2.75, 3.05) is 12.4 Å². The van der Waals surface area contributed by atoms with Crippen LogP contribution in [0, 0.1) is 10.1 Å². The molecule has 0 radical (unpaired) electrons. The number of nitro benzene ring substituents is 1. The first-order valence-corrected chi connectivity index (χ1v) is 7.83. The van der Waals surface area contributed by atoms with Gasteiger partial charge in [0.1, 0.15) is 5.69 Å². The van der Waals surface area contributed by atoms with Gasteiger partial charge in [-0.15, -0.1) is 5.11 Å². The number of benzene rings is 2. The minimum atomic E-state index is -0.423. The molecule has 0 spiro atoms. The van der Waals surface area contributed by atoms with Crippen LogP contribution in [0.1, 0.15) is 18.4 Å². The Morgan fingerprint density at radius 1 is 1.25 bits per heavy atom. The van der Waals surface area contributed by atoms with Gasteiger partial charge < -0.3 is 5.32 Å². The van der Waals surface area contributed by atoms with Gasteiger partial charge in [-0.3, -0.25) is 15.1 Å². The Balaban J connectivity index is 1.75. The summed E-state index contributed by atoms with van der Waals surface area (Å²) in [5, 5.41) is 24.4. The van der Waals surface area contributed by atoms with E-state index in [1.807, 2.05) is 37.4 Å². The predicted molar refractivity (Wildman–Crippen MR) is 92.2 cm³/mol. The van der Waals surface area contributed by atoms with Crippen LogP contribution in [0.15, 0.2) is 58.9 Å². The highest BCUT2D eigenvalue weighted by molar-refractivity contribution is 5.69. The van der Waals surface area contributed by atoms with Crippen LogP contribution in [-0.4, -0.2) is 23.0 Å². The van der Waals surface area contributed by atoms with E-state index in [1.165, 1.54) is 12.1 Å². The van der Waals surface area contributed by atoms with Crippen molar-refractivity contribution in [3.8, 4) is 0 Å². The molecule has 0 amide bonds. The van der Waals surface area contributed by atoms with Crippen LogP contribution >= 0.6 is 0 Å². The zero-order valence-electron chi connectivity index (χ0n) is 13.4. The first-order valence-electron chi connectivity index (χ1n) is 7.83. The third kappa shape index (κ3) is 4.28. The van der Waals surface area contributed by atoms with E-state index in [0.717, 1.165) is 24.1 Å². The van der Waals surface area contributed by atoms with E-state index in [4.69, 9.17) is 0 Å². The van der Waals surface area contributed by atoms with Gasteiger partial charge >= 0.3 is 0 Å². The lowest BCUT2D eigenvalue weighted by atomic mass is 10.2. The Kier molecular flexibility index (Phi) is 4.69. The SMILES string of the molecule is CN(Cc1ccccc1)N=Nc1cc([N+](=O)[O-])ccc1NC1CC1. The highest BCUT2D eigenvalue weighted by atomic mass is 16.6. The van der Waals surface area contributed by atoms with Gasteiger partial charge in [-0.1, -0.05) is 35.6 Å². The highest BCUT2D eigenvalue weighted by Gasteiger charge is 2.22. The summed E-state index contributed by atoms with van der Waals surface area (Å²) in [7, 11) is 1.82. The molecule has 0 unspecified atom stereocenters. The standard InChI is InChI=1S/C17H19N5O2/c1-21(12-13-5-3-2-4-6-13)20-19-17-11-15(22(23)24)9-10-16(17)18-14-7-8-14/h2-6,9-11,14,18H,7-8,12H2,1H3. The van der Waals surface area contributed by atoms with E-state index in [9.17, 15) is 10.1 Å². The number of nitrogens with zero attached hydrogens (tertiary/aromatic N) is 4. The van der Waals surface area contributed by atoms with Gasteiger partial charge in [0.25, 0.3) is 5.69 Å². The predicted octanol–water partition coefficient (Wildman–Crippen LogP) is 4.30. The molecular weight excluding hydrogens is 306 g/mol. The number of rotatable bonds is 7. The Hall–Kier alpha value is -2.96. The highest BCUT2D eigenvalue weighted by Crippen LogP contribution is 2.34. The fraction of sp³-hybridized carbons (Fsp3) is 0.294. The first-order chi connectivity index (χ1) is 11.6. The van der Waals surface area contributed by atoms with Gasteiger partial charge in [0.2, 0.25) is 0 Å². The number of nitrogens with one attached hydrogen (secondary N) is 1. The van der Waals surface area contributed by atoms with Crippen LogP contribution in [0.3, 0.4) is 0 Å². The molecule has 0 heterocycles. The maximum atomic E-state index is 11.0. The Morgan fingerprint density at radius 2 is 2.00 bits per heavy atom. The molecule has 2 aromatic carbocycles. The molecule has 1 aliphatic rings. The zero-order valence-corrected chi connectivity index (χ0v) is 13.4. The quantitative estimate of drug-likeness (QED) is 0.467. The topological polar surface area (TPSA) is 83.1 Å². The molecule has 24 heavy (non-hydrogen) atoms. The van der Waals surface area contributed by atoms with Gasteiger partial charge in [-0.2, -0.15) is 0 Å². The molecular formula is C17H19N5O2. The van der Waals surface area contributed by atoms with Crippen molar-refractivity contribution in [3.63, 3.8) is 0 Å². The zero-order chi connectivity index (χ0) is 16.9. The molecule has 1 fully saturated rings. The minimum absolute atomic E-state index is 0.0102. The molecule has 0 aromatic heterocycles. The van der Waals surface area contributed by atoms with E-state index in [1.54, 1.807) is 11.1 Å². The molecule has 0 atom stereocenters. The maximum Gasteiger partial charge on any atom is 0.271 e. The van der Waals surface area contributed by atoms with E-state index in [-0.39, 0.29) is 5.69 Å². The monoisotopic (exact) mass is 325 g/mol. The summed E-state index contributed by atoms with van der Waals surface area (Å²) < 4.78 is 0. The molecule has 124 valence electrons. The molecule has 1 saturated carbocycles. The largest absolute Gasteiger partial charge is 0.381 e. The van der Waals surface area contributed by atoms with Crippen LogP contribution in [0.2, 0.25) is 0 Å². The van der Waals surface area contributed by atoms with Crippen LogP contribution in [0.4, 0.5) is 17.1 Å². The molecule has 1 N–H and O–H groups in total. The van der Waals surface area contributed by atoms with Crippen LogP contribution < -0.4 is 5.32 Å². The summed E-state index contributed by atoms with van der Waals surface area (Å²) in [6, 6.07) is 15.0. The molecule has 0 aliphatic heterocycles. The van der Waals surface area contributed by atoms with E-state index >= 15 is 0 Å². The average molecular weight is 325 g/mol. The fourth-order valence-corrected chi connectivity index (χ4v) is 2.29. The van der Waals surface area contributed by atoms with Gasteiger partial charge in [0.15, 0.2) is 0 Å². The Bertz CT molecular complexity index is 744. The molecule has 0 bridgehead atoms.